The molecule has 0 aliphatic heterocycles. The molecule has 0 saturated carbocycles. The van der Waals surface area contributed by atoms with Crippen LogP contribution in [0.3, 0.4) is 0 Å². The van der Waals surface area contributed by atoms with Crippen LogP contribution in [-0.2, 0) is 0 Å². The number of furan rings is 3. The Labute approximate surface area is 393 Å². The molecule has 5 heterocycles. The average molecular weight is 885 g/mol. The maximum atomic E-state index is 6.77. The molecule has 0 amide bonds. The molecule has 0 radical (unpaired) electrons. The van der Waals surface area contributed by atoms with Gasteiger partial charge in [-0.2, -0.15) is 4.98 Å². The first kappa shape index (κ1) is 37.7. The summed E-state index contributed by atoms with van der Waals surface area (Å²) >= 11 is 0. The lowest BCUT2D eigenvalue weighted by Crippen LogP contribution is -2.11. The number of pyridine rings is 2. The number of rotatable bonds is 6. The van der Waals surface area contributed by atoms with E-state index in [1.165, 1.54) is 26.9 Å². The van der Waals surface area contributed by atoms with Crippen molar-refractivity contribution < 1.29 is 13.3 Å². The summed E-state index contributed by atoms with van der Waals surface area (Å²) in [6.07, 6.45) is 1.92. The Balaban J connectivity index is 0.887. The molecular formula is C62H36N4O3. The minimum absolute atomic E-state index is 0.488. The molecule has 7 nitrogen and oxygen atoms in total. The molecule has 15 rings (SSSR count). The van der Waals surface area contributed by atoms with Crippen LogP contribution in [0, 0.1) is 0 Å². The number of aromatic nitrogens is 2. The van der Waals surface area contributed by atoms with Crippen molar-refractivity contribution in [3.8, 4) is 0 Å². The van der Waals surface area contributed by atoms with E-state index in [-0.39, 0.29) is 0 Å². The fourth-order valence-corrected chi connectivity index (χ4v) is 10.5. The molecule has 0 spiro atoms. The molecule has 0 bridgehead atoms. The van der Waals surface area contributed by atoms with Crippen LogP contribution < -0.4 is 9.80 Å². The van der Waals surface area contributed by atoms with E-state index in [1.54, 1.807) is 0 Å². The van der Waals surface area contributed by atoms with Gasteiger partial charge in [0.05, 0.1) is 23.0 Å². The molecule has 69 heavy (non-hydrogen) atoms. The summed E-state index contributed by atoms with van der Waals surface area (Å²) in [6, 6.07) is 74.5. The number of benzene rings is 10. The zero-order valence-electron chi connectivity index (χ0n) is 36.8. The molecule has 0 saturated heterocycles. The van der Waals surface area contributed by atoms with Crippen LogP contribution in [0.15, 0.2) is 232 Å². The van der Waals surface area contributed by atoms with Crippen molar-refractivity contribution in [2.75, 3.05) is 9.80 Å². The third-order valence-electron chi connectivity index (χ3n) is 13.8. The van der Waals surface area contributed by atoms with Crippen molar-refractivity contribution in [2.45, 2.75) is 0 Å². The molecule has 0 unspecified atom stereocenters. The van der Waals surface area contributed by atoms with Crippen LogP contribution in [-0.4, -0.2) is 9.97 Å². The van der Waals surface area contributed by atoms with Crippen molar-refractivity contribution in [3.05, 3.63) is 219 Å². The van der Waals surface area contributed by atoms with Gasteiger partial charge in [0, 0.05) is 56.8 Å². The Bertz CT molecular complexity index is 4310. The lowest BCUT2D eigenvalue weighted by Gasteiger charge is -2.25. The summed E-state index contributed by atoms with van der Waals surface area (Å²) in [5.74, 6) is 0.696. The van der Waals surface area contributed by atoms with Crippen molar-refractivity contribution in [1.29, 1.82) is 0 Å². The number of para-hydroxylation sites is 2. The number of hydrogen-bond acceptors (Lipinski definition) is 7. The highest BCUT2D eigenvalue weighted by molar-refractivity contribution is 6.09. The Morgan fingerprint density at radius 3 is 1.32 bits per heavy atom. The summed E-state index contributed by atoms with van der Waals surface area (Å²) in [4.78, 5) is 14.8. The second kappa shape index (κ2) is 14.5. The topological polar surface area (TPSA) is 71.7 Å². The Kier molecular flexibility index (Phi) is 7.94. The van der Waals surface area contributed by atoms with Crippen LogP contribution in [0.4, 0.5) is 34.3 Å². The molecule has 5 aromatic heterocycles. The molecule has 0 aliphatic carbocycles. The van der Waals surface area contributed by atoms with Gasteiger partial charge in [0.2, 0.25) is 5.71 Å². The van der Waals surface area contributed by atoms with Gasteiger partial charge in [0.1, 0.15) is 33.7 Å². The second-order valence-electron chi connectivity index (χ2n) is 17.9. The van der Waals surface area contributed by atoms with Gasteiger partial charge in [0.15, 0.2) is 5.58 Å². The summed E-state index contributed by atoms with van der Waals surface area (Å²) < 4.78 is 19.6. The normalized spacial score (nSPS) is 12.1. The molecular weight excluding hydrogens is 849 g/mol. The summed E-state index contributed by atoms with van der Waals surface area (Å²) in [5.41, 5.74) is 9.77. The lowest BCUT2D eigenvalue weighted by molar-refractivity contribution is 0.653. The minimum atomic E-state index is 0.488. The van der Waals surface area contributed by atoms with Crippen LogP contribution >= 0.6 is 0 Å². The number of fused-ring (bicyclic) bond motifs is 13. The quantitative estimate of drug-likeness (QED) is 0.154. The highest BCUT2D eigenvalue weighted by Crippen LogP contribution is 2.44. The smallest absolute Gasteiger partial charge is 0.230 e. The Hall–Kier alpha value is -9.46. The molecule has 15 aromatic rings. The predicted molar refractivity (Wildman–Crippen MR) is 283 cm³/mol. The van der Waals surface area contributed by atoms with Crippen LogP contribution in [0.5, 0.6) is 0 Å². The van der Waals surface area contributed by atoms with Gasteiger partial charge in [-0.05, 0) is 140 Å². The van der Waals surface area contributed by atoms with Crippen molar-refractivity contribution in [2.24, 2.45) is 0 Å². The molecule has 10 aromatic carbocycles. The number of hydrogen-bond donors (Lipinski definition) is 0. The largest absolute Gasteiger partial charge is 0.456 e. The van der Waals surface area contributed by atoms with Crippen LogP contribution in [0.1, 0.15) is 0 Å². The van der Waals surface area contributed by atoms with Gasteiger partial charge in [-0.15, -0.1) is 0 Å². The third kappa shape index (κ3) is 6.00. The van der Waals surface area contributed by atoms with E-state index in [4.69, 9.17) is 23.2 Å². The van der Waals surface area contributed by atoms with Gasteiger partial charge < -0.3 is 18.2 Å². The maximum Gasteiger partial charge on any atom is 0.230 e. The van der Waals surface area contributed by atoms with Crippen molar-refractivity contribution in [3.63, 3.8) is 0 Å². The zero-order chi connectivity index (χ0) is 45.2. The summed E-state index contributed by atoms with van der Waals surface area (Å²) in [5, 5.41) is 14.5. The SMILES string of the molecule is c1ccc2cc3cc(N(c4ccc5c(c4)oc4ccccc45)c4cnc5c(c4)oc4nc(N(c6ccc7cc8ccccc8cc7c6)c6ccc7c(c6)oc6ccccc67)ccc45)ccc3cc2c1. The van der Waals surface area contributed by atoms with E-state index in [0.29, 0.717) is 17.1 Å². The van der Waals surface area contributed by atoms with Gasteiger partial charge in [-0.25, -0.2) is 4.98 Å². The first-order valence-corrected chi connectivity index (χ1v) is 23.1. The highest BCUT2D eigenvalue weighted by atomic mass is 16.3. The summed E-state index contributed by atoms with van der Waals surface area (Å²) in [7, 11) is 0. The van der Waals surface area contributed by atoms with E-state index in [0.717, 1.165) is 99.4 Å². The fourth-order valence-electron chi connectivity index (χ4n) is 10.5. The molecule has 0 atom stereocenters. The molecule has 0 fully saturated rings. The standard InChI is InChI=1S/C62H36N4O3/c1-3-11-39-29-43-31-45(19-17-41(43)27-37(39)9-1)65(47-21-23-52-50-13-5-7-15-55(50)67-57(52)33-47)49-35-59-61(63-36-49)54-25-26-60(64-62(54)69-59)66(48-22-24-53-51-14-6-8-16-56(51)68-58(53)34-48)46-20-18-42-28-38-10-2-4-12-40(38)30-44(42)32-46/h1-36H. The van der Waals surface area contributed by atoms with Crippen LogP contribution in [0.2, 0.25) is 0 Å². The zero-order valence-corrected chi connectivity index (χ0v) is 36.8. The van der Waals surface area contributed by atoms with E-state index in [2.05, 4.69) is 180 Å². The third-order valence-corrected chi connectivity index (χ3v) is 13.8. The summed E-state index contributed by atoms with van der Waals surface area (Å²) in [6.45, 7) is 0. The van der Waals surface area contributed by atoms with E-state index in [9.17, 15) is 0 Å². The Morgan fingerprint density at radius 2 is 0.725 bits per heavy atom. The van der Waals surface area contributed by atoms with Gasteiger partial charge in [-0.1, -0.05) is 97.1 Å². The first-order chi connectivity index (χ1) is 34.1. The fraction of sp³-hybridized carbons (Fsp3) is 0. The maximum absolute atomic E-state index is 6.77. The lowest BCUT2D eigenvalue weighted by atomic mass is 10.0. The van der Waals surface area contributed by atoms with Crippen molar-refractivity contribution >= 4 is 143 Å². The van der Waals surface area contributed by atoms with E-state index >= 15 is 0 Å². The van der Waals surface area contributed by atoms with Gasteiger partial charge in [0.25, 0.3) is 0 Å². The van der Waals surface area contributed by atoms with Gasteiger partial charge in [-0.3, -0.25) is 4.90 Å². The Morgan fingerprint density at radius 1 is 0.290 bits per heavy atom. The number of anilines is 6. The first-order valence-electron chi connectivity index (χ1n) is 23.1. The highest BCUT2D eigenvalue weighted by Gasteiger charge is 2.22. The molecule has 7 heteroatoms. The second-order valence-corrected chi connectivity index (χ2v) is 17.9. The molecule has 0 N–H and O–H groups in total. The average Bonchev–Trinajstić information content (AvgIpc) is 4.08. The van der Waals surface area contributed by atoms with E-state index < -0.39 is 0 Å². The predicted octanol–water partition coefficient (Wildman–Crippen LogP) is 17.7. The van der Waals surface area contributed by atoms with Crippen molar-refractivity contribution in [1.82, 2.24) is 9.97 Å². The van der Waals surface area contributed by atoms with E-state index in [1.807, 2.05) is 48.7 Å². The van der Waals surface area contributed by atoms with Crippen LogP contribution in [0.25, 0.3) is 109 Å². The minimum Gasteiger partial charge on any atom is -0.456 e. The van der Waals surface area contributed by atoms with Gasteiger partial charge >= 0.3 is 0 Å². The molecule has 0 aliphatic rings. The molecule has 322 valence electrons. The number of nitrogens with zero attached hydrogens (tertiary/aromatic N) is 4. The monoisotopic (exact) mass is 884 g/mol.